The van der Waals surface area contributed by atoms with Crippen molar-refractivity contribution >= 4 is 28.4 Å². The summed E-state index contributed by atoms with van der Waals surface area (Å²) in [4.78, 5) is 28.5. The van der Waals surface area contributed by atoms with Gasteiger partial charge in [0.1, 0.15) is 11.4 Å². The van der Waals surface area contributed by atoms with Gasteiger partial charge in [-0.25, -0.2) is 4.98 Å². The van der Waals surface area contributed by atoms with Gasteiger partial charge in [0, 0.05) is 23.7 Å². The van der Waals surface area contributed by atoms with Crippen molar-refractivity contribution in [1.82, 2.24) is 10.3 Å². The van der Waals surface area contributed by atoms with Gasteiger partial charge in [-0.1, -0.05) is 12.1 Å². The lowest BCUT2D eigenvalue weighted by atomic mass is 10.1. The Labute approximate surface area is 144 Å². The molecule has 0 bridgehead atoms. The van der Waals surface area contributed by atoms with Crippen molar-refractivity contribution in [3.05, 3.63) is 65.9 Å². The van der Waals surface area contributed by atoms with Crippen molar-refractivity contribution in [3.63, 3.8) is 0 Å². The van der Waals surface area contributed by atoms with E-state index in [1.165, 1.54) is 0 Å². The number of fused-ring (bicyclic) bond motifs is 1. The topological polar surface area (TPSA) is 80.3 Å². The Balaban J connectivity index is 1.83. The summed E-state index contributed by atoms with van der Waals surface area (Å²) < 4.78 is 5.18. The second kappa shape index (κ2) is 7.00. The molecule has 0 aliphatic carbocycles. The molecule has 0 fully saturated rings. The van der Waals surface area contributed by atoms with Crippen molar-refractivity contribution in [1.29, 1.82) is 0 Å². The number of anilines is 1. The zero-order valence-electron chi connectivity index (χ0n) is 13.9. The van der Waals surface area contributed by atoms with E-state index >= 15 is 0 Å². The number of ether oxygens (including phenoxy) is 1. The number of pyridine rings is 1. The number of amides is 2. The van der Waals surface area contributed by atoms with E-state index in [4.69, 9.17) is 4.74 Å². The summed E-state index contributed by atoms with van der Waals surface area (Å²) >= 11 is 0. The Bertz CT molecular complexity index is 954. The number of nitrogens with zero attached hydrogens (tertiary/aromatic N) is 1. The number of nitrogens with one attached hydrogen (secondary N) is 2. The number of aromatic nitrogens is 1. The molecule has 3 aromatic rings. The van der Waals surface area contributed by atoms with E-state index in [1.807, 2.05) is 12.1 Å². The molecule has 1 heterocycles. The van der Waals surface area contributed by atoms with Crippen LogP contribution < -0.4 is 15.4 Å². The van der Waals surface area contributed by atoms with Crippen LogP contribution in [-0.2, 0) is 0 Å². The fourth-order valence-corrected chi connectivity index (χ4v) is 2.43. The first kappa shape index (κ1) is 16.4. The molecule has 3 rings (SSSR count). The number of carbonyl (C=O) groups excluding carboxylic acids is 2. The highest BCUT2D eigenvalue weighted by Crippen LogP contribution is 2.20. The molecule has 1 aromatic heterocycles. The zero-order chi connectivity index (χ0) is 17.8. The molecule has 0 spiro atoms. The van der Waals surface area contributed by atoms with E-state index in [-0.39, 0.29) is 11.8 Å². The number of benzene rings is 2. The summed E-state index contributed by atoms with van der Waals surface area (Å²) in [5.41, 5.74) is 2.00. The van der Waals surface area contributed by atoms with Gasteiger partial charge in [0.2, 0.25) is 0 Å². The highest BCUT2D eigenvalue weighted by molar-refractivity contribution is 6.05. The normalized spacial score (nSPS) is 10.3. The lowest BCUT2D eigenvalue weighted by Gasteiger charge is -2.08. The lowest BCUT2D eigenvalue weighted by molar-refractivity contribution is 0.0961. The van der Waals surface area contributed by atoms with E-state index in [0.29, 0.717) is 22.5 Å². The first-order valence-corrected chi connectivity index (χ1v) is 7.69. The molecule has 2 aromatic carbocycles. The van der Waals surface area contributed by atoms with Crippen molar-refractivity contribution in [2.45, 2.75) is 0 Å². The minimum atomic E-state index is -0.341. The Morgan fingerprint density at radius 3 is 2.60 bits per heavy atom. The standard InChI is InChI=1S/C19H17N3O3/c1-20-18(23)13-4-3-5-14(10-13)21-19(24)17-8-6-12-11-15(25-2)7-9-16(12)22-17/h3-11H,1-2H3,(H,20,23)(H,21,24). The molecule has 2 N–H and O–H groups in total. The number of carbonyl (C=O) groups is 2. The van der Waals surface area contributed by atoms with Gasteiger partial charge in [-0.15, -0.1) is 0 Å². The third kappa shape index (κ3) is 3.58. The van der Waals surface area contributed by atoms with E-state index in [1.54, 1.807) is 56.6 Å². The molecular weight excluding hydrogens is 318 g/mol. The largest absolute Gasteiger partial charge is 0.497 e. The minimum absolute atomic E-state index is 0.214. The van der Waals surface area contributed by atoms with Gasteiger partial charge in [-0.3, -0.25) is 9.59 Å². The van der Waals surface area contributed by atoms with Crippen LogP contribution in [0.25, 0.3) is 10.9 Å². The third-order valence-corrected chi connectivity index (χ3v) is 3.74. The van der Waals surface area contributed by atoms with E-state index in [2.05, 4.69) is 15.6 Å². The number of methoxy groups -OCH3 is 1. The summed E-state index contributed by atoms with van der Waals surface area (Å²) in [5, 5.41) is 6.19. The fraction of sp³-hybridized carbons (Fsp3) is 0.105. The van der Waals surface area contributed by atoms with Crippen molar-refractivity contribution in [3.8, 4) is 5.75 Å². The van der Waals surface area contributed by atoms with Crippen molar-refractivity contribution in [2.75, 3.05) is 19.5 Å². The molecule has 0 radical (unpaired) electrons. The van der Waals surface area contributed by atoms with Crippen LogP contribution in [0.3, 0.4) is 0 Å². The zero-order valence-corrected chi connectivity index (χ0v) is 13.9. The smallest absolute Gasteiger partial charge is 0.274 e. The van der Waals surface area contributed by atoms with Gasteiger partial charge in [-0.2, -0.15) is 0 Å². The maximum absolute atomic E-state index is 12.4. The van der Waals surface area contributed by atoms with Crippen LogP contribution in [0.4, 0.5) is 5.69 Å². The highest BCUT2D eigenvalue weighted by Gasteiger charge is 2.10. The van der Waals surface area contributed by atoms with Crippen molar-refractivity contribution < 1.29 is 14.3 Å². The summed E-state index contributed by atoms with van der Waals surface area (Å²) in [6, 6.07) is 15.6. The monoisotopic (exact) mass is 335 g/mol. The van der Waals surface area contributed by atoms with E-state index < -0.39 is 0 Å². The van der Waals surface area contributed by atoms with Crippen LogP contribution >= 0.6 is 0 Å². The van der Waals surface area contributed by atoms with Gasteiger partial charge in [0.25, 0.3) is 11.8 Å². The Morgan fingerprint density at radius 1 is 1.00 bits per heavy atom. The molecule has 0 aliphatic heterocycles. The van der Waals surface area contributed by atoms with Gasteiger partial charge >= 0.3 is 0 Å². The van der Waals surface area contributed by atoms with Crippen LogP contribution in [-0.4, -0.2) is 31.0 Å². The van der Waals surface area contributed by atoms with E-state index in [0.717, 1.165) is 11.1 Å². The van der Waals surface area contributed by atoms with Gasteiger partial charge in [0.05, 0.1) is 12.6 Å². The first-order chi connectivity index (χ1) is 12.1. The maximum atomic E-state index is 12.4. The number of hydrogen-bond acceptors (Lipinski definition) is 4. The number of hydrogen-bond donors (Lipinski definition) is 2. The molecule has 0 aliphatic rings. The molecule has 0 unspecified atom stereocenters. The summed E-state index contributed by atoms with van der Waals surface area (Å²) in [6.45, 7) is 0. The van der Waals surface area contributed by atoms with Crippen LogP contribution in [0.1, 0.15) is 20.8 Å². The molecule has 0 saturated carbocycles. The second-order valence-corrected chi connectivity index (χ2v) is 5.37. The quantitative estimate of drug-likeness (QED) is 0.768. The molecule has 6 heteroatoms. The van der Waals surface area contributed by atoms with Crippen LogP contribution in [0, 0.1) is 0 Å². The molecule has 6 nitrogen and oxygen atoms in total. The third-order valence-electron chi connectivity index (χ3n) is 3.74. The van der Waals surface area contributed by atoms with Gasteiger partial charge in [0.15, 0.2) is 0 Å². The fourth-order valence-electron chi connectivity index (χ4n) is 2.43. The van der Waals surface area contributed by atoms with Gasteiger partial charge < -0.3 is 15.4 Å². The summed E-state index contributed by atoms with van der Waals surface area (Å²) in [7, 11) is 3.16. The average molecular weight is 335 g/mol. The molecule has 25 heavy (non-hydrogen) atoms. The minimum Gasteiger partial charge on any atom is -0.497 e. The average Bonchev–Trinajstić information content (AvgIpc) is 2.66. The Morgan fingerprint density at radius 2 is 1.84 bits per heavy atom. The summed E-state index contributed by atoms with van der Waals surface area (Å²) in [5.74, 6) is 0.179. The van der Waals surface area contributed by atoms with Crippen molar-refractivity contribution in [2.24, 2.45) is 0 Å². The SMILES string of the molecule is CNC(=O)c1cccc(NC(=O)c2ccc3cc(OC)ccc3n2)c1. The molecular formula is C19H17N3O3. The first-order valence-electron chi connectivity index (χ1n) is 7.69. The lowest BCUT2D eigenvalue weighted by Crippen LogP contribution is -2.18. The molecule has 126 valence electrons. The molecule has 0 atom stereocenters. The summed E-state index contributed by atoms with van der Waals surface area (Å²) in [6.07, 6.45) is 0. The van der Waals surface area contributed by atoms with E-state index in [9.17, 15) is 9.59 Å². The van der Waals surface area contributed by atoms with Crippen LogP contribution in [0.15, 0.2) is 54.6 Å². The van der Waals surface area contributed by atoms with Crippen LogP contribution in [0.2, 0.25) is 0 Å². The predicted octanol–water partition coefficient (Wildman–Crippen LogP) is 2.86. The Hall–Kier alpha value is -3.41. The maximum Gasteiger partial charge on any atom is 0.274 e. The van der Waals surface area contributed by atoms with Gasteiger partial charge in [-0.05, 0) is 42.5 Å². The molecule has 0 saturated heterocycles. The second-order valence-electron chi connectivity index (χ2n) is 5.37. The Kier molecular flexibility index (Phi) is 4.61. The molecule has 2 amide bonds. The highest BCUT2D eigenvalue weighted by atomic mass is 16.5. The van der Waals surface area contributed by atoms with Crippen LogP contribution in [0.5, 0.6) is 5.75 Å². The predicted molar refractivity (Wildman–Crippen MR) is 96.1 cm³/mol. The number of rotatable bonds is 4.